The molecule has 0 spiro atoms. The fourth-order valence-electron chi connectivity index (χ4n) is 3.40. The van der Waals surface area contributed by atoms with Gasteiger partial charge in [0.1, 0.15) is 17.6 Å². The summed E-state index contributed by atoms with van der Waals surface area (Å²) in [5.41, 5.74) is 0.771. The Morgan fingerprint density at radius 3 is 2.52 bits per heavy atom. The minimum Gasteiger partial charge on any atom is -0.495 e. The van der Waals surface area contributed by atoms with Crippen LogP contribution in [0.4, 0.5) is 5.69 Å². The van der Waals surface area contributed by atoms with Crippen molar-refractivity contribution >= 4 is 22.4 Å². The van der Waals surface area contributed by atoms with E-state index in [4.69, 9.17) is 9.47 Å². The largest absolute Gasteiger partial charge is 0.495 e. The van der Waals surface area contributed by atoms with Crippen molar-refractivity contribution in [2.24, 2.45) is 0 Å². The van der Waals surface area contributed by atoms with Crippen LogP contribution >= 0.6 is 0 Å². The number of nitriles is 1. The van der Waals surface area contributed by atoms with E-state index < -0.39 is 5.54 Å². The molecule has 6 nitrogen and oxygen atoms in total. The molecule has 0 saturated carbocycles. The number of rotatable bonds is 3. The van der Waals surface area contributed by atoms with Crippen LogP contribution in [-0.2, 0) is 5.54 Å². The maximum atomic E-state index is 13.1. The van der Waals surface area contributed by atoms with Gasteiger partial charge in [-0.25, -0.2) is 0 Å². The highest BCUT2D eigenvalue weighted by atomic mass is 16.5. The summed E-state index contributed by atoms with van der Waals surface area (Å²) < 4.78 is 10.7. The average Bonchev–Trinajstić information content (AvgIpc) is 3.21. The third kappa shape index (κ3) is 1.86. The third-order valence-electron chi connectivity index (χ3n) is 4.61. The molecule has 3 aromatic rings. The Morgan fingerprint density at radius 2 is 1.80 bits per heavy atom. The van der Waals surface area contributed by atoms with Crippen molar-refractivity contribution < 1.29 is 14.3 Å². The molecular formula is C19H15N3O3. The fraction of sp³-hybridized carbons (Fsp3) is 0.158. The molecule has 0 bridgehead atoms. The number of nitrogens with one attached hydrogen (secondary N) is 2. The molecule has 0 radical (unpaired) electrons. The molecule has 1 aliphatic heterocycles. The van der Waals surface area contributed by atoms with Crippen LogP contribution in [0, 0.1) is 11.3 Å². The fourth-order valence-corrected chi connectivity index (χ4v) is 3.40. The summed E-state index contributed by atoms with van der Waals surface area (Å²) in [5.74, 6) is 0.880. The first-order valence-corrected chi connectivity index (χ1v) is 7.72. The average molecular weight is 333 g/mol. The number of fused-ring (bicyclic) bond motifs is 2. The number of Topliss-reactive ketones (excluding diaryl/α,β-unsaturated/α-hetero) is 1. The number of benzene rings is 2. The number of ketones is 1. The minimum atomic E-state index is -1.51. The number of aromatic nitrogens is 1. The number of carbonyl (C=O) groups excluding carboxylic acids is 1. The maximum absolute atomic E-state index is 13.1. The number of carbonyl (C=O) groups is 1. The van der Waals surface area contributed by atoms with Crippen LogP contribution in [0.15, 0.2) is 42.6 Å². The van der Waals surface area contributed by atoms with E-state index in [1.807, 2.05) is 18.2 Å². The number of para-hydroxylation sites is 2. The summed E-state index contributed by atoms with van der Waals surface area (Å²) in [6, 6.07) is 12.9. The molecule has 6 heteroatoms. The molecule has 0 saturated heterocycles. The highest BCUT2D eigenvalue weighted by Crippen LogP contribution is 2.45. The maximum Gasteiger partial charge on any atom is 0.217 e. The van der Waals surface area contributed by atoms with Gasteiger partial charge in [-0.3, -0.25) is 4.79 Å². The second-order valence-corrected chi connectivity index (χ2v) is 5.78. The van der Waals surface area contributed by atoms with Crippen molar-refractivity contribution in [3.63, 3.8) is 0 Å². The quantitative estimate of drug-likeness (QED) is 0.768. The molecule has 0 amide bonds. The van der Waals surface area contributed by atoms with Crippen molar-refractivity contribution in [1.29, 1.82) is 5.26 Å². The third-order valence-corrected chi connectivity index (χ3v) is 4.61. The molecule has 4 rings (SSSR count). The van der Waals surface area contributed by atoms with Crippen LogP contribution in [0.1, 0.15) is 15.9 Å². The molecule has 124 valence electrons. The number of anilines is 1. The van der Waals surface area contributed by atoms with Crippen molar-refractivity contribution in [3.05, 3.63) is 53.7 Å². The summed E-state index contributed by atoms with van der Waals surface area (Å²) >= 11 is 0. The number of aromatic amines is 1. The van der Waals surface area contributed by atoms with Crippen LogP contribution in [0.2, 0.25) is 0 Å². The standard InChI is InChI=1S/C19H15N3O3/c1-24-14-7-3-5-11-13(9-21-16(11)14)19(10-20)18(23)12-6-4-8-15(25-2)17(12)22-19/h3-9,21-22H,1-2H3. The van der Waals surface area contributed by atoms with Gasteiger partial charge in [0.25, 0.3) is 0 Å². The topological polar surface area (TPSA) is 87.1 Å². The monoisotopic (exact) mass is 333 g/mol. The van der Waals surface area contributed by atoms with E-state index in [1.165, 1.54) is 7.11 Å². The Labute approximate surface area is 144 Å². The number of nitrogens with zero attached hydrogens (tertiary/aromatic N) is 1. The predicted molar refractivity (Wildman–Crippen MR) is 93.1 cm³/mol. The van der Waals surface area contributed by atoms with Gasteiger partial charge in [-0.05, 0) is 18.2 Å². The highest BCUT2D eigenvalue weighted by molar-refractivity contribution is 6.18. The molecule has 1 aliphatic rings. The first kappa shape index (κ1) is 15.1. The summed E-state index contributed by atoms with van der Waals surface area (Å²) in [4.78, 5) is 16.2. The van der Waals surface area contributed by atoms with Gasteiger partial charge in [-0.15, -0.1) is 0 Å². The van der Waals surface area contributed by atoms with E-state index in [0.717, 1.165) is 10.9 Å². The zero-order chi connectivity index (χ0) is 17.6. The van der Waals surface area contributed by atoms with Crippen molar-refractivity contribution in [2.75, 3.05) is 19.5 Å². The second kappa shape index (κ2) is 5.28. The van der Waals surface area contributed by atoms with E-state index in [0.29, 0.717) is 28.3 Å². The SMILES string of the molecule is COc1cccc2c1NC(C#N)(c1c[nH]c3c(OC)cccc13)C2=O. The van der Waals surface area contributed by atoms with Gasteiger partial charge in [0.05, 0.1) is 25.4 Å². The van der Waals surface area contributed by atoms with Crippen LogP contribution in [-0.4, -0.2) is 25.0 Å². The number of hydrogen-bond donors (Lipinski definition) is 2. The van der Waals surface area contributed by atoms with Crippen LogP contribution < -0.4 is 14.8 Å². The Balaban J connectivity index is 1.96. The molecule has 2 heterocycles. The molecule has 0 fully saturated rings. The molecule has 1 aromatic heterocycles. The van der Waals surface area contributed by atoms with E-state index in [9.17, 15) is 10.1 Å². The predicted octanol–water partition coefficient (Wildman–Crippen LogP) is 3.21. The first-order valence-electron chi connectivity index (χ1n) is 7.72. The summed E-state index contributed by atoms with van der Waals surface area (Å²) in [5, 5.41) is 13.8. The lowest BCUT2D eigenvalue weighted by Crippen LogP contribution is -2.36. The lowest BCUT2D eigenvalue weighted by Gasteiger charge is -2.20. The lowest BCUT2D eigenvalue weighted by atomic mass is 9.87. The minimum absolute atomic E-state index is 0.299. The van der Waals surface area contributed by atoms with Crippen molar-refractivity contribution in [1.82, 2.24) is 4.98 Å². The first-order chi connectivity index (χ1) is 12.2. The normalized spacial score (nSPS) is 18.5. The second-order valence-electron chi connectivity index (χ2n) is 5.78. The number of hydrogen-bond acceptors (Lipinski definition) is 5. The zero-order valence-corrected chi connectivity index (χ0v) is 13.7. The summed E-state index contributed by atoms with van der Waals surface area (Å²) in [7, 11) is 3.11. The van der Waals surface area contributed by atoms with Gasteiger partial charge in [-0.1, -0.05) is 18.2 Å². The molecular weight excluding hydrogens is 318 g/mol. The van der Waals surface area contributed by atoms with Gasteiger partial charge < -0.3 is 19.8 Å². The molecule has 1 atom stereocenters. The van der Waals surface area contributed by atoms with E-state index >= 15 is 0 Å². The van der Waals surface area contributed by atoms with Crippen LogP contribution in [0.3, 0.4) is 0 Å². The van der Waals surface area contributed by atoms with Gasteiger partial charge in [-0.2, -0.15) is 5.26 Å². The van der Waals surface area contributed by atoms with E-state index in [1.54, 1.807) is 31.5 Å². The molecule has 0 aliphatic carbocycles. The molecule has 1 unspecified atom stereocenters. The summed E-state index contributed by atoms with van der Waals surface area (Å²) in [6.07, 6.45) is 1.68. The molecule has 2 N–H and O–H groups in total. The van der Waals surface area contributed by atoms with Crippen LogP contribution in [0.25, 0.3) is 10.9 Å². The van der Waals surface area contributed by atoms with E-state index in [2.05, 4.69) is 16.4 Å². The lowest BCUT2D eigenvalue weighted by molar-refractivity contribution is 0.0949. The van der Waals surface area contributed by atoms with Crippen LogP contribution in [0.5, 0.6) is 11.5 Å². The van der Waals surface area contributed by atoms with Gasteiger partial charge in [0.2, 0.25) is 11.3 Å². The van der Waals surface area contributed by atoms with Gasteiger partial charge in [0, 0.05) is 22.7 Å². The number of H-pyrrole nitrogens is 1. The number of methoxy groups -OCH3 is 2. The van der Waals surface area contributed by atoms with Crippen molar-refractivity contribution in [3.8, 4) is 17.6 Å². The molecule has 25 heavy (non-hydrogen) atoms. The van der Waals surface area contributed by atoms with Gasteiger partial charge >= 0.3 is 0 Å². The summed E-state index contributed by atoms with van der Waals surface area (Å²) in [6.45, 7) is 0. The smallest absolute Gasteiger partial charge is 0.217 e. The van der Waals surface area contributed by atoms with Gasteiger partial charge in [0.15, 0.2) is 0 Å². The number of ether oxygens (including phenoxy) is 2. The zero-order valence-electron chi connectivity index (χ0n) is 13.7. The highest BCUT2D eigenvalue weighted by Gasteiger charge is 2.50. The Kier molecular flexibility index (Phi) is 3.19. The Hall–Kier alpha value is -3.46. The molecule has 2 aromatic carbocycles. The Bertz CT molecular complexity index is 1050. The Morgan fingerprint density at radius 1 is 1.08 bits per heavy atom. The van der Waals surface area contributed by atoms with E-state index in [-0.39, 0.29) is 5.78 Å². The van der Waals surface area contributed by atoms with Crippen molar-refractivity contribution in [2.45, 2.75) is 5.54 Å².